The highest BCUT2D eigenvalue weighted by Crippen LogP contribution is 2.34. The molecular formula is C16H28N4O4S. The number of quaternary nitrogens is 1. The van der Waals surface area contributed by atoms with Crippen molar-refractivity contribution >= 4 is 21.7 Å². The molecule has 8 nitrogen and oxygen atoms in total. The lowest BCUT2D eigenvalue weighted by Crippen LogP contribution is -2.29. The van der Waals surface area contributed by atoms with Crippen LogP contribution >= 0.6 is 0 Å². The molecule has 0 atom stereocenters. The third-order valence-electron chi connectivity index (χ3n) is 3.12. The van der Waals surface area contributed by atoms with Crippen LogP contribution in [0.1, 0.15) is 19.3 Å². The van der Waals surface area contributed by atoms with Crippen molar-refractivity contribution in [2.24, 2.45) is 9.63 Å². The van der Waals surface area contributed by atoms with Crippen LogP contribution in [0.25, 0.3) is 0 Å². The summed E-state index contributed by atoms with van der Waals surface area (Å²) in [5.41, 5.74) is 1.21. The lowest BCUT2D eigenvalue weighted by molar-refractivity contribution is -0.849. The van der Waals surface area contributed by atoms with Gasteiger partial charge in [0.05, 0.1) is 46.7 Å². The summed E-state index contributed by atoms with van der Waals surface area (Å²) in [4.78, 5) is 2.22. The standard InChI is InChI=1S/C12H17N3O4S.C4H12N/c1-19-12-9-10(13-14-20(16,17)18)5-6-11(12)15-7-3-2-4-8-15;1-5(2,3)4/h5-6,9H,2-4,7-8H2,1H3,(H,16,17,18);1-4H3/q;+1/p-1. The number of hydrogen-bond acceptors (Lipinski definition) is 6. The maximum Gasteiger partial charge on any atom is 0.220 e. The van der Waals surface area contributed by atoms with Crippen molar-refractivity contribution in [3.8, 4) is 5.75 Å². The van der Waals surface area contributed by atoms with Gasteiger partial charge in [0.2, 0.25) is 10.3 Å². The Morgan fingerprint density at radius 3 is 2.16 bits per heavy atom. The molecule has 9 heteroatoms. The summed E-state index contributed by atoms with van der Waals surface area (Å²) in [6.07, 6.45) is 3.50. The Kier molecular flexibility index (Phi) is 7.78. The van der Waals surface area contributed by atoms with E-state index in [0.717, 1.165) is 36.1 Å². The van der Waals surface area contributed by atoms with Crippen LogP contribution in [0.4, 0.5) is 11.4 Å². The molecule has 142 valence electrons. The minimum Gasteiger partial charge on any atom is -0.728 e. The first-order valence-electron chi connectivity index (χ1n) is 8.10. The molecule has 0 bridgehead atoms. The molecular weight excluding hydrogens is 344 g/mol. The summed E-state index contributed by atoms with van der Waals surface area (Å²) in [7, 11) is 5.32. The maximum atomic E-state index is 10.4. The second-order valence-corrected chi connectivity index (χ2v) is 8.22. The van der Waals surface area contributed by atoms with Crippen molar-refractivity contribution in [2.45, 2.75) is 19.3 Å². The van der Waals surface area contributed by atoms with Crippen LogP contribution in [0.5, 0.6) is 5.75 Å². The number of rotatable bonds is 4. The number of hydrogen-bond donors (Lipinski definition) is 0. The minimum atomic E-state index is -4.72. The largest absolute Gasteiger partial charge is 0.728 e. The average molecular weight is 372 g/mol. The zero-order chi connectivity index (χ0) is 19.1. The second kappa shape index (κ2) is 9.12. The molecule has 0 aliphatic carbocycles. The minimum absolute atomic E-state index is 0.266. The Hall–Kier alpha value is -1.71. The fourth-order valence-corrected chi connectivity index (χ4v) is 2.42. The van der Waals surface area contributed by atoms with Gasteiger partial charge in [0.25, 0.3) is 0 Å². The maximum absolute atomic E-state index is 10.4. The van der Waals surface area contributed by atoms with Crippen molar-refractivity contribution in [3.05, 3.63) is 18.2 Å². The number of piperidine rings is 1. The van der Waals surface area contributed by atoms with Crippen molar-refractivity contribution in [3.63, 3.8) is 0 Å². The highest BCUT2D eigenvalue weighted by Gasteiger charge is 2.15. The van der Waals surface area contributed by atoms with E-state index in [1.165, 1.54) is 13.5 Å². The third-order valence-corrected chi connectivity index (χ3v) is 3.40. The highest BCUT2D eigenvalue weighted by atomic mass is 32.2. The smallest absolute Gasteiger partial charge is 0.220 e. The molecule has 1 aromatic rings. The molecule has 0 aromatic heterocycles. The van der Waals surface area contributed by atoms with Gasteiger partial charge >= 0.3 is 0 Å². The van der Waals surface area contributed by atoms with E-state index in [1.807, 2.05) is 0 Å². The molecule has 0 radical (unpaired) electrons. The normalized spacial score (nSPS) is 15.7. The summed E-state index contributed by atoms with van der Waals surface area (Å²) in [6, 6.07) is 4.98. The monoisotopic (exact) mass is 372 g/mol. The lowest BCUT2D eigenvalue weighted by Gasteiger charge is -2.30. The molecule has 1 aliphatic rings. The summed E-state index contributed by atoms with van der Waals surface area (Å²) in [6.45, 7) is 1.93. The van der Waals surface area contributed by atoms with Crippen LogP contribution < -0.4 is 9.64 Å². The van der Waals surface area contributed by atoms with Crippen LogP contribution in [0.2, 0.25) is 0 Å². The molecule has 1 aromatic carbocycles. The predicted molar refractivity (Wildman–Crippen MR) is 97.2 cm³/mol. The first-order valence-corrected chi connectivity index (χ1v) is 9.47. The summed E-state index contributed by atoms with van der Waals surface area (Å²) in [5.74, 6) is 0.589. The fraction of sp³-hybridized carbons (Fsp3) is 0.625. The number of benzene rings is 1. The predicted octanol–water partition coefficient (Wildman–Crippen LogP) is 2.55. The highest BCUT2D eigenvalue weighted by molar-refractivity contribution is 7.84. The summed E-state index contributed by atoms with van der Waals surface area (Å²) in [5, 5.41) is 3.40. The zero-order valence-electron chi connectivity index (χ0n) is 15.6. The van der Waals surface area contributed by atoms with E-state index in [2.05, 4.69) is 42.7 Å². The van der Waals surface area contributed by atoms with Gasteiger partial charge in [-0.3, -0.25) is 0 Å². The van der Waals surface area contributed by atoms with Gasteiger partial charge in [0, 0.05) is 19.2 Å². The number of ether oxygens (including phenoxy) is 1. The van der Waals surface area contributed by atoms with E-state index in [1.54, 1.807) is 18.2 Å². The molecule has 0 unspecified atom stereocenters. The Balaban J connectivity index is 0.000000550. The molecule has 0 spiro atoms. The van der Waals surface area contributed by atoms with Crippen molar-refractivity contribution in [1.82, 2.24) is 0 Å². The van der Waals surface area contributed by atoms with E-state index in [-0.39, 0.29) is 5.69 Å². The Morgan fingerprint density at radius 2 is 1.68 bits per heavy atom. The molecule has 0 amide bonds. The summed E-state index contributed by atoms with van der Waals surface area (Å²) < 4.78 is 40.3. The van der Waals surface area contributed by atoms with E-state index in [9.17, 15) is 13.0 Å². The first-order chi connectivity index (χ1) is 11.5. The molecule has 2 rings (SSSR count). The topological polar surface area (TPSA) is 94.4 Å². The van der Waals surface area contributed by atoms with Gasteiger partial charge in [-0.05, 0) is 31.4 Å². The third kappa shape index (κ3) is 9.37. The van der Waals surface area contributed by atoms with Crippen molar-refractivity contribution < 1.29 is 22.2 Å². The molecule has 25 heavy (non-hydrogen) atoms. The molecule has 0 N–H and O–H groups in total. The van der Waals surface area contributed by atoms with Gasteiger partial charge in [-0.1, -0.05) is 4.52 Å². The van der Waals surface area contributed by atoms with Crippen LogP contribution in [0.15, 0.2) is 27.8 Å². The van der Waals surface area contributed by atoms with Crippen molar-refractivity contribution in [1.29, 1.82) is 0 Å². The quantitative estimate of drug-likeness (QED) is 0.460. The van der Waals surface area contributed by atoms with Gasteiger partial charge in [-0.15, -0.1) is 5.11 Å². The van der Waals surface area contributed by atoms with Crippen LogP contribution in [0.3, 0.4) is 0 Å². The van der Waals surface area contributed by atoms with E-state index in [0.29, 0.717) is 5.75 Å². The Labute approximate surface area is 150 Å². The van der Waals surface area contributed by atoms with E-state index in [4.69, 9.17) is 4.74 Å². The first kappa shape index (κ1) is 21.3. The fourth-order valence-electron chi connectivity index (χ4n) is 2.22. The number of anilines is 1. The lowest BCUT2D eigenvalue weighted by atomic mass is 10.1. The molecule has 0 saturated carbocycles. The SMILES string of the molecule is COc1cc(N=NS(=O)(=O)[O-])ccc1N1CCCCC1.C[N+](C)(C)C. The molecule has 1 aliphatic heterocycles. The van der Waals surface area contributed by atoms with Crippen LogP contribution in [0, 0.1) is 0 Å². The van der Waals surface area contributed by atoms with Crippen LogP contribution in [-0.2, 0) is 10.3 Å². The van der Waals surface area contributed by atoms with E-state index >= 15 is 0 Å². The van der Waals surface area contributed by atoms with Gasteiger partial charge in [-0.25, -0.2) is 8.42 Å². The molecule has 1 heterocycles. The number of methoxy groups -OCH3 is 1. The van der Waals surface area contributed by atoms with Gasteiger partial charge < -0.3 is 18.7 Å². The van der Waals surface area contributed by atoms with Gasteiger partial charge in [0.1, 0.15) is 5.75 Å². The molecule has 1 saturated heterocycles. The summed E-state index contributed by atoms with van der Waals surface area (Å²) >= 11 is 0. The van der Waals surface area contributed by atoms with Crippen LogP contribution in [-0.4, -0.2) is 65.8 Å². The van der Waals surface area contributed by atoms with Crippen molar-refractivity contribution in [2.75, 3.05) is 53.3 Å². The average Bonchev–Trinajstić information content (AvgIpc) is 2.51. The van der Waals surface area contributed by atoms with E-state index < -0.39 is 10.3 Å². The number of nitrogens with zero attached hydrogens (tertiary/aromatic N) is 4. The van der Waals surface area contributed by atoms with Gasteiger partial charge in [-0.2, -0.15) is 0 Å². The Morgan fingerprint density at radius 1 is 1.12 bits per heavy atom. The molecule has 1 fully saturated rings. The van der Waals surface area contributed by atoms with Gasteiger partial charge in [0.15, 0.2) is 0 Å². The zero-order valence-corrected chi connectivity index (χ0v) is 16.4. The second-order valence-electron chi connectivity index (χ2n) is 7.20. The Bertz CT molecular complexity index is 672.